The van der Waals surface area contributed by atoms with Crippen molar-refractivity contribution in [2.45, 2.75) is 38.6 Å². The molecule has 1 unspecified atom stereocenters. The molecular formula is C29H29FN4O4S2. The number of benzene rings is 2. The monoisotopic (exact) mass is 580 g/mol. The Morgan fingerprint density at radius 2 is 1.93 bits per heavy atom. The van der Waals surface area contributed by atoms with Crippen molar-refractivity contribution in [3.05, 3.63) is 88.8 Å². The topological polar surface area (TPSA) is 95.3 Å². The first-order chi connectivity index (χ1) is 19.2. The van der Waals surface area contributed by atoms with E-state index < -0.39 is 12.1 Å². The van der Waals surface area contributed by atoms with Crippen LogP contribution in [0.1, 0.15) is 40.3 Å². The third-order valence-electron chi connectivity index (χ3n) is 6.00. The first kappa shape index (κ1) is 29.0. The summed E-state index contributed by atoms with van der Waals surface area (Å²) in [6.07, 6.45) is 1.21. The number of nitrogens with one attached hydrogen (secondary N) is 1. The Balaban J connectivity index is 1.49. The zero-order valence-corrected chi connectivity index (χ0v) is 24.2. The van der Waals surface area contributed by atoms with Gasteiger partial charge < -0.3 is 14.8 Å². The van der Waals surface area contributed by atoms with Crippen molar-refractivity contribution in [2.24, 2.45) is 0 Å². The van der Waals surface area contributed by atoms with Crippen LogP contribution in [0.4, 0.5) is 9.39 Å². The number of ether oxygens (including phenoxy) is 2. The molecule has 40 heavy (non-hydrogen) atoms. The Morgan fingerprint density at radius 3 is 2.62 bits per heavy atom. The first-order valence-corrected chi connectivity index (χ1v) is 14.2. The summed E-state index contributed by atoms with van der Waals surface area (Å²) in [4.78, 5) is 25.7. The lowest BCUT2D eigenvalue weighted by Gasteiger charge is -2.15. The lowest BCUT2D eigenvalue weighted by atomic mass is 9.97. The van der Waals surface area contributed by atoms with E-state index in [9.17, 15) is 14.0 Å². The molecule has 1 atom stereocenters. The van der Waals surface area contributed by atoms with Gasteiger partial charge >= 0.3 is 5.97 Å². The number of methoxy groups -OCH3 is 1. The summed E-state index contributed by atoms with van der Waals surface area (Å²) >= 11 is 2.47. The molecule has 208 valence electrons. The Kier molecular flexibility index (Phi) is 9.38. The lowest BCUT2D eigenvalue weighted by Crippen LogP contribution is -2.17. The second-order valence-electron chi connectivity index (χ2n) is 8.95. The lowest BCUT2D eigenvalue weighted by molar-refractivity contribution is -0.113. The summed E-state index contributed by atoms with van der Waals surface area (Å²) in [6.45, 7) is 9.98. The minimum absolute atomic E-state index is 0.0276. The average molecular weight is 581 g/mol. The highest BCUT2D eigenvalue weighted by atomic mass is 32.2. The number of carbonyl (C=O) groups excluding carboxylic acids is 2. The van der Waals surface area contributed by atoms with Crippen molar-refractivity contribution in [1.82, 2.24) is 14.8 Å². The van der Waals surface area contributed by atoms with E-state index in [4.69, 9.17) is 9.47 Å². The molecule has 2 aromatic heterocycles. The molecule has 0 bridgehead atoms. The zero-order valence-electron chi connectivity index (χ0n) is 22.6. The van der Waals surface area contributed by atoms with Gasteiger partial charge in [0.25, 0.3) is 0 Å². The Labute approximate surface area is 240 Å². The molecule has 0 aliphatic rings. The molecule has 2 heterocycles. The molecule has 8 nitrogen and oxygen atoms in total. The summed E-state index contributed by atoms with van der Waals surface area (Å²) in [5.74, 6) is -0.125. The fourth-order valence-corrected chi connectivity index (χ4v) is 5.77. The number of thiophene rings is 1. The van der Waals surface area contributed by atoms with Gasteiger partial charge in [0, 0.05) is 17.5 Å². The van der Waals surface area contributed by atoms with Gasteiger partial charge in [0.05, 0.1) is 12.9 Å². The maximum absolute atomic E-state index is 13.2. The SMILES string of the molecule is C=CCn1c(SCC(=O)Nc2scc(-c3cc(C)ccc3C)c2C(=O)OC)nnc1C(C)Oc1ccc(F)cc1. The van der Waals surface area contributed by atoms with Gasteiger partial charge in [-0.05, 0) is 56.2 Å². The number of aryl methyl sites for hydroxylation is 2. The summed E-state index contributed by atoms with van der Waals surface area (Å²) in [5, 5.41) is 14.2. The molecule has 0 aliphatic heterocycles. The number of halogens is 1. The quantitative estimate of drug-likeness (QED) is 0.121. The van der Waals surface area contributed by atoms with Crippen LogP contribution in [0.3, 0.4) is 0 Å². The molecule has 11 heteroatoms. The maximum atomic E-state index is 13.2. The number of rotatable bonds is 11. The Hall–Kier alpha value is -3.96. The van der Waals surface area contributed by atoms with Gasteiger partial charge in [-0.1, -0.05) is 41.6 Å². The molecule has 1 amide bonds. The van der Waals surface area contributed by atoms with E-state index in [1.165, 1.54) is 42.3 Å². The maximum Gasteiger partial charge on any atom is 0.341 e. The second-order valence-corrected chi connectivity index (χ2v) is 10.8. The van der Waals surface area contributed by atoms with E-state index in [2.05, 4.69) is 22.1 Å². The molecule has 4 rings (SSSR count). The number of amides is 1. The highest BCUT2D eigenvalue weighted by Crippen LogP contribution is 2.38. The van der Waals surface area contributed by atoms with E-state index in [0.717, 1.165) is 16.7 Å². The van der Waals surface area contributed by atoms with Crippen molar-refractivity contribution < 1.29 is 23.5 Å². The highest BCUT2D eigenvalue weighted by Gasteiger charge is 2.24. The average Bonchev–Trinajstić information content (AvgIpc) is 3.54. The summed E-state index contributed by atoms with van der Waals surface area (Å²) < 4.78 is 26.0. The molecule has 0 fully saturated rings. The van der Waals surface area contributed by atoms with Crippen molar-refractivity contribution in [1.29, 1.82) is 0 Å². The van der Waals surface area contributed by atoms with E-state index in [1.54, 1.807) is 18.2 Å². The van der Waals surface area contributed by atoms with Gasteiger partial charge in [-0.2, -0.15) is 0 Å². The first-order valence-electron chi connectivity index (χ1n) is 12.4. The molecule has 1 N–H and O–H groups in total. The fourth-order valence-electron chi connectivity index (χ4n) is 4.05. The number of hydrogen-bond acceptors (Lipinski definition) is 8. The van der Waals surface area contributed by atoms with Crippen molar-refractivity contribution in [2.75, 3.05) is 18.2 Å². The highest BCUT2D eigenvalue weighted by molar-refractivity contribution is 7.99. The molecule has 4 aromatic rings. The van der Waals surface area contributed by atoms with Crippen LogP contribution in [0.25, 0.3) is 11.1 Å². The van der Waals surface area contributed by atoms with E-state index in [-0.39, 0.29) is 17.5 Å². The predicted molar refractivity (Wildman–Crippen MR) is 156 cm³/mol. The van der Waals surface area contributed by atoms with Gasteiger partial charge in [-0.25, -0.2) is 9.18 Å². The minimum Gasteiger partial charge on any atom is -0.483 e. The van der Waals surface area contributed by atoms with E-state index >= 15 is 0 Å². The molecule has 0 aliphatic carbocycles. The van der Waals surface area contributed by atoms with E-state index in [1.807, 2.05) is 48.9 Å². The van der Waals surface area contributed by atoms with Crippen LogP contribution in [0.15, 0.2) is 65.7 Å². The molecule has 0 radical (unpaired) electrons. The van der Waals surface area contributed by atoms with Crippen LogP contribution in [-0.4, -0.2) is 39.5 Å². The number of thioether (sulfide) groups is 1. The fraction of sp³-hybridized carbons (Fsp3) is 0.241. The van der Waals surface area contributed by atoms with Crippen LogP contribution < -0.4 is 10.1 Å². The summed E-state index contributed by atoms with van der Waals surface area (Å²) in [6, 6.07) is 11.7. The Morgan fingerprint density at radius 1 is 1.18 bits per heavy atom. The molecule has 2 aromatic carbocycles. The number of esters is 1. The van der Waals surface area contributed by atoms with Gasteiger partial charge in [-0.3, -0.25) is 9.36 Å². The standard InChI is InChI=1S/C29H29FN4O4S2/c1-6-13-34-26(19(4)38-21-11-9-20(30)10-12-21)32-33-29(34)40-16-24(35)31-27-25(28(36)37-5)23(15-39-27)22-14-17(2)7-8-18(22)3/h6-12,14-15,19H,1,13,16H2,2-5H3,(H,31,35). The normalized spacial score (nSPS) is 11.6. The van der Waals surface area contributed by atoms with E-state index in [0.29, 0.717) is 39.4 Å². The number of hydrogen-bond donors (Lipinski definition) is 1. The number of allylic oxidation sites excluding steroid dienone is 1. The molecule has 0 saturated carbocycles. The molecular weight excluding hydrogens is 551 g/mol. The van der Waals surface area contributed by atoms with Gasteiger partial charge in [0.2, 0.25) is 5.91 Å². The number of carbonyl (C=O) groups is 2. The second kappa shape index (κ2) is 12.9. The van der Waals surface area contributed by atoms with Crippen LogP contribution in [-0.2, 0) is 16.1 Å². The smallest absolute Gasteiger partial charge is 0.341 e. The predicted octanol–water partition coefficient (Wildman–Crippen LogP) is 6.61. The van der Waals surface area contributed by atoms with Crippen LogP contribution >= 0.6 is 23.1 Å². The summed E-state index contributed by atoms with van der Waals surface area (Å²) in [5.41, 5.74) is 4.02. The van der Waals surface area contributed by atoms with Gasteiger partial charge in [0.15, 0.2) is 17.1 Å². The van der Waals surface area contributed by atoms with Crippen molar-refractivity contribution in [3.63, 3.8) is 0 Å². The van der Waals surface area contributed by atoms with Crippen LogP contribution in [0.2, 0.25) is 0 Å². The van der Waals surface area contributed by atoms with Crippen molar-refractivity contribution >= 4 is 40.0 Å². The molecule has 0 saturated heterocycles. The third-order valence-corrected chi connectivity index (χ3v) is 7.86. The largest absolute Gasteiger partial charge is 0.483 e. The summed E-state index contributed by atoms with van der Waals surface area (Å²) in [7, 11) is 1.32. The van der Waals surface area contributed by atoms with Crippen LogP contribution in [0, 0.1) is 19.7 Å². The number of nitrogens with zero attached hydrogens (tertiary/aromatic N) is 3. The Bertz CT molecular complexity index is 1530. The van der Waals surface area contributed by atoms with Crippen molar-refractivity contribution in [3.8, 4) is 16.9 Å². The number of anilines is 1. The third kappa shape index (κ3) is 6.60. The molecule has 0 spiro atoms. The van der Waals surface area contributed by atoms with Gasteiger partial charge in [-0.15, -0.1) is 28.1 Å². The number of aromatic nitrogens is 3. The minimum atomic E-state index is -0.523. The van der Waals surface area contributed by atoms with Crippen LogP contribution in [0.5, 0.6) is 5.75 Å². The van der Waals surface area contributed by atoms with Gasteiger partial charge in [0.1, 0.15) is 22.1 Å². The zero-order chi connectivity index (χ0) is 28.8.